The van der Waals surface area contributed by atoms with Crippen LogP contribution in [0.2, 0.25) is 0 Å². The van der Waals surface area contributed by atoms with Gasteiger partial charge >= 0.3 is 0 Å². The third-order valence-electron chi connectivity index (χ3n) is 5.61. The number of methoxy groups -OCH3 is 2. The summed E-state index contributed by atoms with van der Waals surface area (Å²) in [6.07, 6.45) is 2.59. The van der Waals surface area contributed by atoms with Crippen LogP contribution in [0.5, 0.6) is 11.5 Å². The fourth-order valence-electron chi connectivity index (χ4n) is 4.21. The first kappa shape index (κ1) is 19.4. The van der Waals surface area contributed by atoms with Gasteiger partial charge in [0, 0.05) is 23.6 Å². The van der Waals surface area contributed by atoms with Crippen molar-refractivity contribution < 1.29 is 19.4 Å². The topological polar surface area (TPSA) is 59.0 Å². The molecule has 0 radical (unpaired) electrons. The van der Waals surface area contributed by atoms with E-state index in [1.165, 1.54) is 0 Å². The maximum atomic E-state index is 12.2. The second-order valence-corrected chi connectivity index (χ2v) is 7.02. The Morgan fingerprint density at radius 2 is 1.96 bits per heavy atom. The lowest BCUT2D eigenvalue weighted by molar-refractivity contribution is -0.118. The van der Waals surface area contributed by atoms with Crippen molar-refractivity contribution in [2.45, 2.75) is 30.8 Å². The zero-order chi connectivity index (χ0) is 19.3. The molecule has 2 aromatic carbocycles. The zero-order valence-electron chi connectivity index (χ0n) is 15.9. The summed E-state index contributed by atoms with van der Waals surface area (Å²) >= 11 is 0. The third kappa shape index (κ3) is 3.70. The summed E-state index contributed by atoms with van der Waals surface area (Å²) in [5.41, 5.74) is 1.30. The molecule has 0 amide bonds. The van der Waals surface area contributed by atoms with Crippen molar-refractivity contribution in [2.24, 2.45) is 0 Å². The highest BCUT2D eigenvalue weighted by molar-refractivity contribution is 5.64. The number of likely N-dealkylation sites (tertiary alicyclic amines) is 1. The Balaban J connectivity index is 2.01. The summed E-state index contributed by atoms with van der Waals surface area (Å²) in [6, 6.07) is 15.3. The monoisotopic (exact) mass is 369 g/mol. The van der Waals surface area contributed by atoms with Crippen LogP contribution in [-0.2, 0) is 16.8 Å². The molecule has 1 N–H and O–H groups in total. The lowest BCUT2D eigenvalue weighted by Gasteiger charge is -2.47. The average Bonchev–Trinajstić information content (AvgIpc) is 2.73. The SMILES string of the molecule is COc1ccc(C2(CO)CCCN(Cc3ccccc3)C2C=O)c(OC)c1. The molecule has 2 atom stereocenters. The summed E-state index contributed by atoms with van der Waals surface area (Å²) in [5.74, 6) is 1.32. The number of aliphatic hydroxyl groups excluding tert-OH is 1. The van der Waals surface area contributed by atoms with Crippen LogP contribution >= 0.6 is 0 Å². The van der Waals surface area contributed by atoms with Crippen LogP contribution in [0.15, 0.2) is 48.5 Å². The average molecular weight is 369 g/mol. The van der Waals surface area contributed by atoms with Crippen molar-refractivity contribution in [1.82, 2.24) is 4.90 Å². The van der Waals surface area contributed by atoms with Crippen LogP contribution in [0.25, 0.3) is 0 Å². The maximum absolute atomic E-state index is 12.2. The Morgan fingerprint density at radius 3 is 2.59 bits per heavy atom. The molecule has 2 aromatic rings. The van der Waals surface area contributed by atoms with Crippen molar-refractivity contribution in [2.75, 3.05) is 27.4 Å². The Morgan fingerprint density at radius 1 is 1.19 bits per heavy atom. The van der Waals surface area contributed by atoms with E-state index in [4.69, 9.17) is 9.47 Å². The van der Waals surface area contributed by atoms with Gasteiger partial charge in [0.1, 0.15) is 17.8 Å². The quantitative estimate of drug-likeness (QED) is 0.761. The van der Waals surface area contributed by atoms with Crippen LogP contribution < -0.4 is 9.47 Å². The van der Waals surface area contributed by atoms with Crippen molar-refractivity contribution >= 4 is 6.29 Å². The van der Waals surface area contributed by atoms with E-state index in [-0.39, 0.29) is 6.61 Å². The van der Waals surface area contributed by atoms with Gasteiger partial charge in [-0.05, 0) is 31.0 Å². The van der Waals surface area contributed by atoms with Crippen LogP contribution in [0, 0.1) is 0 Å². The van der Waals surface area contributed by atoms with Crippen molar-refractivity contribution in [3.63, 3.8) is 0 Å². The summed E-state index contributed by atoms with van der Waals surface area (Å²) in [7, 11) is 3.20. The first-order valence-corrected chi connectivity index (χ1v) is 9.25. The predicted molar refractivity (Wildman–Crippen MR) is 104 cm³/mol. The number of benzene rings is 2. The standard InChI is InChI=1S/C22H27NO4/c1-26-18-9-10-19(20(13-18)27-2)22(16-25)11-6-12-23(21(22)15-24)14-17-7-4-3-5-8-17/h3-5,7-10,13,15,21,25H,6,11-12,14,16H2,1-2H3. The number of carbonyl (C=O) groups excluding carboxylic acids is 1. The number of nitrogens with zero attached hydrogens (tertiary/aromatic N) is 1. The molecule has 0 spiro atoms. The van der Waals surface area contributed by atoms with Gasteiger partial charge in [0.15, 0.2) is 0 Å². The first-order chi connectivity index (χ1) is 13.2. The van der Waals surface area contributed by atoms with Gasteiger partial charge < -0.3 is 19.4 Å². The molecule has 1 fully saturated rings. The van der Waals surface area contributed by atoms with E-state index >= 15 is 0 Å². The van der Waals surface area contributed by atoms with E-state index in [0.29, 0.717) is 18.0 Å². The molecule has 0 aliphatic carbocycles. The number of aldehydes is 1. The molecule has 3 rings (SSSR count). The summed E-state index contributed by atoms with van der Waals surface area (Å²) in [5, 5.41) is 10.5. The van der Waals surface area contributed by atoms with Crippen molar-refractivity contribution in [3.8, 4) is 11.5 Å². The van der Waals surface area contributed by atoms with Gasteiger partial charge in [-0.1, -0.05) is 36.4 Å². The van der Waals surface area contributed by atoms with Gasteiger partial charge in [0.25, 0.3) is 0 Å². The highest BCUT2D eigenvalue weighted by Gasteiger charge is 2.47. The lowest BCUT2D eigenvalue weighted by atomic mass is 9.68. The Bertz CT molecular complexity index is 764. The normalized spacial score (nSPS) is 23.0. The molecule has 144 valence electrons. The highest BCUT2D eigenvalue weighted by atomic mass is 16.5. The number of carbonyl (C=O) groups is 1. The summed E-state index contributed by atoms with van der Waals surface area (Å²) in [4.78, 5) is 14.4. The summed E-state index contributed by atoms with van der Waals surface area (Å²) < 4.78 is 10.9. The van der Waals surface area contributed by atoms with E-state index in [2.05, 4.69) is 17.0 Å². The number of ether oxygens (including phenoxy) is 2. The number of piperidine rings is 1. The summed E-state index contributed by atoms with van der Waals surface area (Å²) in [6.45, 7) is 1.37. The Labute approximate surface area is 160 Å². The molecule has 0 bridgehead atoms. The van der Waals surface area contributed by atoms with Crippen LogP contribution in [0.3, 0.4) is 0 Å². The molecule has 2 unspecified atom stereocenters. The molecule has 27 heavy (non-hydrogen) atoms. The Hall–Kier alpha value is -2.37. The fourth-order valence-corrected chi connectivity index (χ4v) is 4.21. The molecule has 1 aliphatic heterocycles. The molecule has 1 saturated heterocycles. The third-order valence-corrected chi connectivity index (χ3v) is 5.61. The second-order valence-electron chi connectivity index (χ2n) is 7.02. The highest BCUT2D eigenvalue weighted by Crippen LogP contribution is 2.44. The van der Waals surface area contributed by atoms with Crippen LogP contribution in [-0.4, -0.2) is 49.7 Å². The van der Waals surface area contributed by atoms with Gasteiger partial charge in [-0.15, -0.1) is 0 Å². The second kappa shape index (κ2) is 8.55. The lowest BCUT2D eigenvalue weighted by Crippen LogP contribution is -2.57. The van der Waals surface area contributed by atoms with E-state index < -0.39 is 11.5 Å². The number of hydrogen-bond donors (Lipinski definition) is 1. The molecule has 1 heterocycles. The number of hydrogen-bond acceptors (Lipinski definition) is 5. The van der Waals surface area contributed by atoms with Crippen molar-refractivity contribution in [3.05, 3.63) is 59.7 Å². The largest absolute Gasteiger partial charge is 0.497 e. The van der Waals surface area contributed by atoms with Gasteiger partial charge in [-0.3, -0.25) is 4.90 Å². The van der Waals surface area contributed by atoms with Gasteiger partial charge in [0.05, 0.1) is 26.9 Å². The van der Waals surface area contributed by atoms with Gasteiger partial charge in [-0.2, -0.15) is 0 Å². The van der Waals surface area contributed by atoms with E-state index in [0.717, 1.165) is 36.8 Å². The minimum absolute atomic E-state index is 0.121. The Kier molecular flexibility index (Phi) is 6.14. The van der Waals surface area contributed by atoms with E-state index in [1.807, 2.05) is 36.4 Å². The molecule has 5 heteroatoms. The van der Waals surface area contributed by atoms with Gasteiger partial charge in [0.2, 0.25) is 0 Å². The molecule has 0 aromatic heterocycles. The van der Waals surface area contributed by atoms with Crippen molar-refractivity contribution in [1.29, 1.82) is 0 Å². The number of aliphatic hydroxyl groups is 1. The minimum atomic E-state index is -0.702. The van der Waals surface area contributed by atoms with Gasteiger partial charge in [-0.25, -0.2) is 0 Å². The molecular formula is C22H27NO4. The number of rotatable bonds is 7. The molecular weight excluding hydrogens is 342 g/mol. The zero-order valence-corrected chi connectivity index (χ0v) is 15.9. The first-order valence-electron chi connectivity index (χ1n) is 9.25. The molecule has 0 saturated carbocycles. The molecule has 1 aliphatic rings. The predicted octanol–water partition coefficient (Wildman–Crippen LogP) is 2.80. The van der Waals surface area contributed by atoms with Crippen LogP contribution in [0.4, 0.5) is 0 Å². The van der Waals surface area contributed by atoms with Crippen LogP contribution in [0.1, 0.15) is 24.0 Å². The fraction of sp³-hybridized carbons (Fsp3) is 0.409. The maximum Gasteiger partial charge on any atom is 0.138 e. The molecule has 5 nitrogen and oxygen atoms in total. The minimum Gasteiger partial charge on any atom is -0.497 e. The van der Waals surface area contributed by atoms with E-state index in [1.54, 1.807) is 14.2 Å². The van der Waals surface area contributed by atoms with E-state index in [9.17, 15) is 9.90 Å². The smallest absolute Gasteiger partial charge is 0.138 e.